The highest BCUT2D eigenvalue weighted by Gasteiger charge is 2.64. The fourth-order valence-corrected chi connectivity index (χ4v) is 9.43. The molecule has 18 heteroatoms. The van der Waals surface area contributed by atoms with Crippen LogP contribution in [0.2, 0.25) is 0 Å². The van der Waals surface area contributed by atoms with Gasteiger partial charge in [0, 0.05) is 28.1 Å². The summed E-state index contributed by atoms with van der Waals surface area (Å²) in [6, 6.07) is 4.70. The number of hydrogen-bond acceptors (Lipinski definition) is 12. The molecule has 16 nitrogen and oxygen atoms in total. The Balaban J connectivity index is 0.00000265. The molecule has 0 unspecified atom stereocenters. The number of allylic oxidation sites excluding steroid dienone is 1. The number of alkyl halides is 1. The van der Waals surface area contributed by atoms with Gasteiger partial charge in [0.2, 0.25) is 33.6 Å². The zero-order valence-electron chi connectivity index (χ0n) is 32.5. The van der Waals surface area contributed by atoms with Crippen LogP contribution in [0.1, 0.15) is 63.1 Å². The van der Waals surface area contributed by atoms with Gasteiger partial charge in [-0.1, -0.05) is 26.0 Å². The standard InChI is InChI=1S/C39H50FN5O11S.3H2/c1-22-7-5-6-8-25-17-39(25,36(48)44-57(50,51)38(21-40)11-12-38)43-33(46)30-16-27(55-34-29-10-9-26(52-3)14-24(29)15-31(41-34)53-4)18-45(30)35(47)32(23(2)13-22)42-37(49)56-28-19-54-20-28;;;/h6,8-10,14-15,22-23,25,27-28,30,32H,5,7,11-13,16-21H2,1-4H3,(H,42,49)(H,43,46)(H,44,48);3*1H/b8-6-;;;/t22-,23-,25-,27-,30+,32+,39-;;;/m1.../s1. The number of hydrogen-bond donors (Lipinski definition) is 3. The summed E-state index contributed by atoms with van der Waals surface area (Å²) in [6.07, 6.45) is 3.73. The summed E-state index contributed by atoms with van der Waals surface area (Å²) >= 11 is 0. The van der Waals surface area contributed by atoms with E-state index in [1.807, 2.05) is 19.9 Å². The van der Waals surface area contributed by atoms with E-state index in [-0.39, 0.29) is 67.4 Å². The number of carbonyl (C=O) groups is 4. The maximum absolute atomic E-state index is 14.8. The van der Waals surface area contributed by atoms with E-state index in [2.05, 4.69) is 20.3 Å². The van der Waals surface area contributed by atoms with Gasteiger partial charge in [-0.05, 0) is 73.9 Å². The molecule has 1 aromatic heterocycles. The van der Waals surface area contributed by atoms with Crippen LogP contribution >= 0.6 is 0 Å². The molecule has 4 fully saturated rings. The number of amides is 4. The van der Waals surface area contributed by atoms with Crippen LogP contribution in [0.15, 0.2) is 36.4 Å². The predicted octanol–water partition coefficient (Wildman–Crippen LogP) is 3.67. The van der Waals surface area contributed by atoms with Crippen LogP contribution in [0.4, 0.5) is 9.18 Å². The van der Waals surface area contributed by atoms with Crippen LogP contribution in [0.3, 0.4) is 0 Å². The highest BCUT2D eigenvalue weighted by atomic mass is 32.2. The van der Waals surface area contributed by atoms with Crippen LogP contribution in [0, 0.1) is 17.8 Å². The van der Waals surface area contributed by atoms with Gasteiger partial charge in [-0.3, -0.25) is 19.1 Å². The Morgan fingerprint density at radius 3 is 2.54 bits per heavy atom. The Morgan fingerprint density at radius 1 is 1.11 bits per heavy atom. The first kappa shape index (κ1) is 40.5. The summed E-state index contributed by atoms with van der Waals surface area (Å²) in [6.45, 7) is 3.14. The van der Waals surface area contributed by atoms with Crippen LogP contribution in [0.25, 0.3) is 10.8 Å². The zero-order chi connectivity index (χ0) is 40.7. The Morgan fingerprint density at radius 2 is 1.88 bits per heavy atom. The molecule has 5 aliphatic rings. The topological polar surface area (TPSA) is 201 Å². The van der Waals surface area contributed by atoms with Crippen LogP contribution in [-0.2, 0) is 33.9 Å². The molecule has 0 spiro atoms. The zero-order valence-corrected chi connectivity index (χ0v) is 33.3. The number of benzene rings is 1. The lowest BCUT2D eigenvalue weighted by atomic mass is 9.88. The Hall–Kier alpha value is -4.71. The number of nitrogens with zero attached hydrogens (tertiary/aromatic N) is 2. The first-order valence-electron chi connectivity index (χ1n) is 19.4. The second-order valence-corrected chi connectivity index (χ2v) is 18.1. The smallest absolute Gasteiger partial charge is 0.408 e. The Kier molecular flexibility index (Phi) is 11.3. The molecule has 4 heterocycles. The molecular weight excluding hydrogens is 766 g/mol. The van der Waals surface area contributed by atoms with E-state index < -0.39 is 86.9 Å². The molecule has 0 bridgehead atoms. The van der Waals surface area contributed by atoms with E-state index in [1.165, 1.54) is 12.0 Å². The lowest BCUT2D eigenvalue weighted by molar-refractivity contribution is -0.142. The molecule has 7 atom stereocenters. The number of fused-ring (bicyclic) bond motifs is 3. The number of carbonyl (C=O) groups excluding carboxylic acids is 4. The van der Waals surface area contributed by atoms with E-state index in [9.17, 15) is 32.0 Å². The van der Waals surface area contributed by atoms with Crippen molar-refractivity contribution in [2.45, 2.75) is 93.4 Å². The minimum absolute atomic E-state index is 0. The molecule has 2 aromatic rings. The van der Waals surface area contributed by atoms with Gasteiger partial charge in [-0.25, -0.2) is 17.6 Å². The van der Waals surface area contributed by atoms with Crippen molar-refractivity contribution >= 4 is 44.6 Å². The summed E-state index contributed by atoms with van der Waals surface area (Å²) in [5.41, 5.74) is -1.67. The van der Waals surface area contributed by atoms with Crippen molar-refractivity contribution in [1.82, 2.24) is 25.2 Å². The highest BCUT2D eigenvalue weighted by molar-refractivity contribution is 7.91. The number of rotatable bonds is 10. The van der Waals surface area contributed by atoms with E-state index in [1.54, 1.807) is 37.5 Å². The van der Waals surface area contributed by atoms with Crippen molar-refractivity contribution in [3.63, 3.8) is 0 Å². The van der Waals surface area contributed by atoms with Crippen molar-refractivity contribution in [3.05, 3.63) is 36.4 Å². The fraction of sp³-hybridized carbons (Fsp3) is 0.615. The minimum Gasteiger partial charge on any atom is -0.497 e. The molecule has 1 aromatic carbocycles. The van der Waals surface area contributed by atoms with Gasteiger partial charge in [0.25, 0.3) is 5.91 Å². The van der Waals surface area contributed by atoms with E-state index in [4.69, 9.17) is 23.7 Å². The quantitative estimate of drug-likeness (QED) is 0.294. The number of halogens is 1. The molecule has 57 heavy (non-hydrogen) atoms. The van der Waals surface area contributed by atoms with E-state index >= 15 is 0 Å². The van der Waals surface area contributed by atoms with E-state index in [0.717, 1.165) is 0 Å². The summed E-state index contributed by atoms with van der Waals surface area (Å²) < 4.78 is 68.6. The lowest BCUT2D eigenvalue weighted by Gasteiger charge is -2.33. The van der Waals surface area contributed by atoms with Gasteiger partial charge in [0.15, 0.2) is 6.10 Å². The third-order valence-electron chi connectivity index (χ3n) is 11.9. The molecule has 2 aliphatic carbocycles. The third kappa shape index (κ3) is 8.20. The monoisotopic (exact) mass is 821 g/mol. The largest absolute Gasteiger partial charge is 0.497 e. The molecule has 316 valence electrons. The predicted molar refractivity (Wildman–Crippen MR) is 209 cm³/mol. The second-order valence-electron chi connectivity index (χ2n) is 16.1. The number of alkyl carbamates (subject to hydrolysis) is 1. The van der Waals surface area contributed by atoms with Crippen LogP contribution in [0.5, 0.6) is 17.5 Å². The first-order valence-corrected chi connectivity index (χ1v) is 20.9. The maximum atomic E-state index is 14.8. The van der Waals surface area contributed by atoms with Gasteiger partial charge in [0.1, 0.15) is 40.9 Å². The molecule has 4 amide bonds. The minimum atomic E-state index is -4.40. The van der Waals surface area contributed by atoms with Crippen molar-refractivity contribution in [1.29, 1.82) is 0 Å². The van der Waals surface area contributed by atoms with Crippen LogP contribution < -0.4 is 29.6 Å². The third-order valence-corrected chi connectivity index (χ3v) is 14.0. The Bertz CT molecular complexity index is 2050. The van der Waals surface area contributed by atoms with Crippen molar-refractivity contribution in [2.24, 2.45) is 17.8 Å². The molecule has 0 radical (unpaired) electrons. The highest BCUT2D eigenvalue weighted by Crippen LogP contribution is 2.48. The normalized spacial score (nSPS) is 30.6. The SMILES string of the molecule is COc1ccc2c(O[C@@H]3C[C@H]4C(=O)N[C@]5(C(=O)NS(=O)(=O)C6(CF)CC6)C[C@H]5/C=C\CC[C@@H](C)C[C@@H](C)[C@H](NC(=O)OC5COC5)C(=O)N4C3)nc(OC)cc2c1.[HH].[HH].[HH]. The number of nitrogens with one attached hydrogen (secondary N) is 3. The fourth-order valence-electron chi connectivity index (χ4n) is 8.01. The molecule has 7 rings (SSSR count). The van der Waals surface area contributed by atoms with Gasteiger partial charge in [-0.15, -0.1) is 0 Å². The molecule has 2 saturated heterocycles. The molecule has 3 aliphatic heterocycles. The van der Waals surface area contributed by atoms with Gasteiger partial charge < -0.3 is 39.2 Å². The summed E-state index contributed by atoms with van der Waals surface area (Å²) in [4.78, 5) is 62.3. The van der Waals surface area contributed by atoms with Gasteiger partial charge in [0.05, 0.1) is 34.0 Å². The number of pyridine rings is 1. The van der Waals surface area contributed by atoms with Crippen molar-refractivity contribution in [3.8, 4) is 17.5 Å². The summed E-state index contributed by atoms with van der Waals surface area (Å²) in [5.74, 6) is -2.06. The molecule has 3 N–H and O–H groups in total. The van der Waals surface area contributed by atoms with Crippen LogP contribution in [-0.4, -0.2) is 117 Å². The summed E-state index contributed by atoms with van der Waals surface area (Å²) in [5, 5.41) is 6.91. The molecule has 2 saturated carbocycles. The second kappa shape index (κ2) is 15.9. The number of aromatic nitrogens is 1. The lowest BCUT2D eigenvalue weighted by Crippen LogP contribution is -2.59. The number of methoxy groups -OCH3 is 2. The van der Waals surface area contributed by atoms with Crippen molar-refractivity contribution < 1.29 is 60.0 Å². The van der Waals surface area contributed by atoms with Crippen molar-refractivity contribution in [2.75, 3.05) is 40.7 Å². The first-order chi connectivity index (χ1) is 27.2. The van der Waals surface area contributed by atoms with Gasteiger partial charge in [-0.2, -0.15) is 4.98 Å². The average Bonchev–Trinajstić information content (AvgIpc) is 4.07. The number of sulfonamides is 1. The number of ether oxygens (including phenoxy) is 5. The Labute approximate surface area is 335 Å². The summed E-state index contributed by atoms with van der Waals surface area (Å²) in [7, 11) is -1.39. The average molecular weight is 822 g/mol. The molecular formula is C39H56FN5O11S. The van der Waals surface area contributed by atoms with E-state index in [0.29, 0.717) is 35.8 Å². The maximum Gasteiger partial charge on any atom is 0.408 e. The van der Waals surface area contributed by atoms with Gasteiger partial charge >= 0.3 is 6.09 Å².